The van der Waals surface area contributed by atoms with Gasteiger partial charge in [0.15, 0.2) is 0 Å². The number of nitrogens with one attached hydrogen (secondary N) is 1. The maximum Gasteiger partial charge on any atom is 0.270 e. The average molecular weight is 305 g/mol. The number of carbonyl (C=O) groups excluding carboxylic acids is 1. The van der Waals surface area contributed by atoms with E-state index in [0.29, 0.717) is 10.8 Å². The predicted molar refractivity (Wildman–Crippen MR) is 82.7 cm³/mol. The normalized spacial score (nSPS) is 19.6. The minimum Gasteiger partial charge on any atom is -0.376 e. The number of aromatic nitrogens is 1. The monoisotopic (exact) mass is 304 g/mol. The molecule has 0 spiro atoms. The highest BCUT2D eigenvalue weighted by Crippen LogP contribution is 2.22. The van der Waals surface area contributed by atoms with Crippen molar-refractivity contribution in [2.75, 3.05) is 6.61 Å². The molecular weight excluding hydrogens is 288 g/mol. The van der Waals surface area contributed by atoms with Crippen LogP contribution in [0.15, 0.2) is 30.3 Å². The molecule has 1 aromatic heterocycles. The third-order valence-corrected chi connectivity index (χ3v) is 4.10. The first-order valence-corrected chi connectivity index (χ1v) is 7.50. The van der Waals surface area contributed by atoms with Gasteiger partial charge in [0.2, 0.25) is 0 Å². The number of amides is 1. The van der Waals surface area contributed by atoms with E-state index in [1.54, 1.807) is 6.07 Å². The van der Waals surface area contributed by atoms with Gasteiger partial charge in [-0.1, -0.05) is 35.9 Å². The quantitative estimate of drug-likeness (QED) is 0.886. The van der Waals surface area contributed by atoms with Crippen LogP contribution >= 0.6 is 11.6 Å². The van der Waals surface area contributed by atoms with E-state index in [2.05, 4.69) is 10.3 Å². The molecular formula is C16H17ClN2O2. The van der Waals surface area contributed by atoms with Gasteiger partial charge < -0.3 is 10.1 Å². The number of hydrogen-bond acceptors (Lipinski definition) is 3. The molecule has 0 radical (unpaired) electrons. The van der Waals surface area contributed by atoms with Gasteiger partial charge in [-0.15, -0.1) is 0 Å². The lowest BCUT2D eigenvalue weighted by molar-refractivity contribution is 0.0709. The molecule has 2 aromatic rings. The van der Waals surface area contributed by atoms with Crippen LogP contribution in [0.4, 0.5) is 0 Å². The lowest BCUT2D eigenvalue weighted by Gasteiger charge is -2.19. The summed E-state index contributed by atoms with van der Waals surface area (Å²) in [4.78, 5) is 16.5. The molecule has 1 amide bonds. The minimum absolute atomic E-state index is 0.0351. The highest BCUT2D eigenvalue weighted by molar-refractivity contribution is 6.34. The summed E-state index contributed by atoms with van der Waals surface area (Å²) in [6.07, 6.45) is 2.11. The summed E-state index contributed by atoms with van der Waals surface area (Å²) in [7, 11) is 0. The molecule has 1 saturated heterocycles. The highest BCUT2D eigenvalue weighted by atomic mass is 35.5. The second-order valence-corrected chi connectivity index (χ2v) is 5.69. The molecule has 21 heavy (non-hydrogen) atoms. The van der Waals surface area contributed by atoms with Gasteiger partial charge in [0.05, 0.1) is 12.1 Å². The Balaban J connectivity index is 1.81. The van der Waals surface area contributed by atoms with Crippen molar-refractivity contribution >= 4 is 28.3 Å². The van der Waals surface area contributed by atoms with Crippen molar-refractivity contribution in [3.63, 3.8) is 0 Å². The fourth-order valence-electron chi connectivity index (χ4n) is 2.64. The molecule has 1 aliphatic rings. The van der Waals surface area contributed by atoms with E-state index in [0.717, 1.165) is 30.2 Å². The maximum absolute atomic E-state index is 12.3. The van der Waals surface area contributed by atoms with Crippen LogP contribution in [0.2, 0.25) is 5.15 Å². The first-order valence-electron chi connectivity index (χ1n) is 7.13. The average Bonchev–Trinajstić information content (AvgIpc) is 3.01. The lowest BCUT2D eigenvalue weighted by Crippen LogP contribution is -2.41. The number of ether oxygens (including phenoxy) is 1. The molecule has 0 saturated carbocycles. The molecule has 1 aromatic carbocycles. The Bertz CT molecular complexity index is 668. The van der Waals surface area contributed by atoms with Gasteiger partial charge >= 0.3 is 0 Å². The first kappa shape index (κ1) is 14.3. The summed E-state index contributed by atoms with van der Waals surface area (Å²) in [6.45, 7) is 2.72. The fourth-order valence-corrected chi connectivity index (χ4v) is 2.91. The molecule has 0 aliphatic carbocycles. The maximum atomic E-state index is 12.3. The van der Waals surface area contributed by atoms with Crippen LogP contribution < -0.4 is 5.32 Å². The van der Waals surface area contributed by atoms with Crippen molar-refractivity contribution < 1.29 is 9.53 Å². The van der Waals surface area contributed by atoms with E-state index in [-0.39, 0.29) is 18.1 Å². The van der Waals surface area contributed by atoms with Gasteiger partial charge in [0.1, 0.15) is 10.8 Å². The molecule has 110 valence electrons. The zero-order valence-corrected chi connectivity index (χ0v) is 12.6. The molecule has 0 bridgehead atoms. The Kier molecular flexibility index (Phi) is 4.08. The van der Waals surface area contributed by atoms with Crippen LogP contribution in [-0.4, -0.2) is 29.6 Å². The van der Waals surface area contributed by atoms with Gasteiger partial charge in [-0.25, -0.2) is 4.98 Å². The van der Waals surface area contributed by atoms with Gasteiger partial charge in [-0.3, -0.25) is 4.79 Å². The number of pyridine rings is 1. The Morgan fingerprint density at radius 1 is 1.48 bits per heavy atom. The molecule has 2 heterocycles. The predicted octanol–water partition coefficient (Wildman–Crippen LogP) is 3.19. The summed E-state index contributed by atoms with van der Waals surface area (Å²) in [5.74, 6) is -0.217. The van der Waals surface area contributed by atoms with Crippen LogP contribution in [0.5, 0.6) is 0 Å². The molecule has 1 N–H and O–H groups in total. The molecule has 4 nitrogen and oxygen atoms in total. The number of nitrogens with zero attached hydrogens (tertiary/aromatic N) is 1. The van der Waals surface area contributed by atoms with Gasteiger partial charge in [0.25, 0.3) is 5.91 Å². The molecule has 0 unspecified atom stereocenters. The Morgan fingerprint density at radius 2 is 2.29 bits per heavy atom. The largest absolute Gasteiger partial charge is 0.376 e. The molecule has 3 rings (SSSR count). The van der Waals surface area contributed by atoms with Crippen LogP contribution in [0.3, 0.4) is 0 Å². The SMILES string of the molecule is C[C@@H](NC(=O)c1cc2ccccc2c(Cl)n1)[C@@H]1CCCO1. The Hall–Kier alpha value is -1.65. The number of halogens is 1. The second-order valence-electron chi connectivity index (χ2n) is 5.33. The third kappa shape index (κ3) is 3.01. The van der Waals surface area contributed by atoms with Crippen molar-refractivity contribution in [2.45, 2.75) is 31.9 Å². The van der Waals surface area contributed by atoms with Crippen molar-refractivity contribution in [2.24, 2.45) is 0 Å². The van der Waals surface area contributed by atoms with E-state index in [1.165, 1.54) is 0 Å². The van der Waals surface area contributed by atoms with Gasteiger partial charge in [-0.05, 0) is 31.2 Å². The third-order valence-electron chi connectivity index (χ3n) is 3.81. The van der Waals surface area contributed by atoms with E-state index in [4.69, 9.17) is 16.3 Å². The summed E-state index contributed by atoms with van der Waals surface area (Å²) < 4.78 is 5.58. The highest BCUT2D eigenvalue weighted by Gasteiger charge is 2.24. The van der Waals surface area contributed by atoms with Gasteiger partial charge in [0, 0.05) is 12.0 Å². The molecule has 2 atom stereocenters. The summed E-state index contributed by atoms with van der Waals surface area (Å²) >= 11 is 6.15. The van der Waals surface area contributed by atoms with Gasteiger partial charge in [-0.2, -0.15) is 0 Å². The molecule has 1 fully saturated rings. The van der Waals surface area contributed by atoms with Crippen LogP contribution in [0.25, 0.3) is 10.8 Å². The minimum atomic E-state index is -0.217. The number of rotatable bonds is 3. The van der Waals surface area contributed by atoms with Crippen molar-refractivity contribution in [3.05, 3.63) is 41.2 Å². The number of benzene rings is 1. The van der Waals surface area contributed by atoms with Crippen molar-refractivity contribution in [1.29, 1.82) is 0 Å². The Morgan fingerprint density at radius 3 is 3.05 bits per heavy atom. The zero-order chi connectivity index (χ0) is 14.8. The topological polar surface area (TPSA) is 51.2 Å². The second kappa shape index (κ2) is 6.00. The summed E-state index contributed by atoms with van der Waals surface area (Å²) in [5.41, 5.74) is 0.337. The van der Waals surface area contributed by atoms with E-state index in [1.807, 2.05) is 31.2 Å². The molecule has 5 heteroatoms. The van der Waals surface area contributed by atoms with Crippen LogP contribution in [0.1, 0.15) is 30.3 Å². The van der Waals surface area contributed by atoms with E-state index in [9.17, 15) is 4.79 Å². The zero-order valence-electron chi connectivity index (χ0n) is 11.8. The van der Waals surface area contributed by atoms with E-state index >= 15 is 0 Å². The standard InChI is InChI=1S/C16H17ClN2O2/c1-10(14-7-4-8-21-14)18-16(20)13-9-11-5-2-3-6-12(11)15(17)19-13/h2-3,5-6,9-10,14H,4,7-8H2,1H3,(H,18,20)/t10-,14+/m1/s1. The number of hydrogen-bond donors (Lipinski definition) is 1. The van der Waals surface area contributed by atoms with Crippen LogP contribution in [-0.2, 0) is 4.74 Å². The molecule has 1 aliphatic heterocycles. The van der Waals surface area contributed by atoms with Crippen molar-refractivity contribution in [1.82, 2.24) is 10.3 Å². The summed E-state index contributed by atoms with van der Waals surface area (Å²) in [5, 5.41) is 5.05. The number of carbonyl (C=O) groups is 1. The number of fused-ring (bicyclic) bond motifs is 1. The summed E-state index contributed by atoms with van der Waals surface area (Å²) in [6, 6.07) is 9.35. The van der Waals surface area contributed by atoms with Crippen LogP contribution in [0, 0.1) is 0 Å². The Labute approximate surface area is 128 Å². The first-order chi connectivity index (χ1) is 10.1. The smallest absolute Gasteiger partial charge is 0.270 e. The lowest BCUT2D eigenvalue weighted by atomic mass is 10.1. The van der Waals surface area contributed by atoms with Crippen molar-refractivity contribution in [3.8, 4) is 0 Å². The van der Waals surface area contributed by atoms with E-state index < -0.39 is 0 Å². The fraction of sp³-hybridized carbons (Fsp3) is 0.375.